The van der Waals surface area contributed by atoms with Gasteiger partial charge in [-0.3, -0.25) is 4.79 Å². The molecular formula is C21H16Br2N2O2S. The van der Waals surface area contributed by atoms with Gasteiger partial charge in [-0.05, 0) is 71.2 Å². The van der Waals surface area contributed by atoms with Crippen molar-refractivity contribution in [3.63, 3.8) is 0 Å². The molecule has 7 heteroatoms. The van der Waals surface area contributed by atoms with E-state index >= 15 is 0 Å². The van der Waals surface area contributed by atoms with E-state index in [0.717, 1.165) is 41.1 Å². The number of fused-ring (bicyclic) bond motifs is 1. The summed E-state index contributed by atoms with van der Waals surface area (Å²) in [6, 6.07) is 13.7. The van der Waals surface area contributed by atoms with Crippen LogP contribution in [0.2, 0.25) is 0 Å². The van der Waals surface area contributed by atoms with Crippen LogP contribution >= 0.6 is 43.2 Å². The standard InChI is InChI=1S/C21H16Br2N2O2S/c1-11-12(2)28-21-18(11)20(26)24-19(25-21)14-5-8-17(16(23)9-14)27-10-13-3-6-15(22)7-4-13/h3-9H,10H2,1-2H3,(H,24,25,26). The highest BCUT2D eigenvalue weighted by Gasteiger charge is 2.13. The maximum Gasteiger partial charge on any atom is 0.260 e. The van der Waals surface area contributed by atoms with Gasteiger partial charge in [0.2, 0.25) is 0 Å². The number of hydrogen-bond acceptors (Lipinski definition) is 4. The molecule has 2 aromatic heterocycles. The van der Waals surface area contributed by atoms with Gasteiger partial charge < -0.3 is 9.72 Å². The van der Waals surface area contributed by atoms with E-state index in [-0.39, 0.29) is 5.56 Å². The number of hydrogen-bond donors (Lipinski definition) is 1. The first-order valence-electron chi connectivity index (χ1n) is 8.59. The van der Waals surface area contributed by atoms with E-state index in [2.05, 4.69) is 41.8 Å². The molecule has 0 aliphatic rings. The molecule has 0 unspecified atom stereocenters. The van der Waals surface area contributed by atoms with Crippen molar-refractivity contribution in [3.05, 3.63) is 77.8 Å². The molecular weight excluding hydrogens is 504 g/mol. The van der Waals surface area contributed by atoms with Crippen molar-refractivity contribution in [3.8, 4) is 17.1 Å². The zero-order valence-electron chi connectivity index (χ0n) is 15.2. The lowest BCUT2D eigenvalue weighted by molar-refractivity contribution is 0.304. The van der Waals surface area contributed by atoms with Crippen LogP contribution in [0.3, 0.4) is 0 Å². The number of halogens is 2. The number of aromatic amines is 1. The zero-order chi connectivity index (χ0) is 19.8. The summed E-state index contributed by atoms with van der Waals surface area (Å²) in [7, 11) is 0. The molecule has 0 atom stereocenters. The van der Waals surface area contributed by atoms with Crippen LogP contribution in [0.1, 0.15) is 16.0 Å². The Morgan fingerprint density at radius 2 is 1.86 bits per heavy atom. The van der Waals surface area contributed by atoms with Crippen molar-refractivity contribution in [1.29, 1.82) is 0 Å². The molecule has 0 amide bonds. The minimum Gasteiger partial charge on any atom is -0.488 e. The lowest BCUT2D eigenvalue weighted by Crippen LogP contribution is -2.09. The smallest absolute Gasteiger partial charge is 0.260 e. The highest BCUT2D eigenvalue weighted by atomic mass is 79.9. The van der Waals surface area contributed by atoms with Crippen molar-refractivity contribution >= 4 is 53.4 Å². The summed E-state index contributed by atoms with van der Waals surface area (Å²) in [4.78, 5) is 22.0. The van der Waals surface area contributed by atoms with Gasteiger partial charge >= 0.3 is 0 Å². The second kappa shape index (κ2) is 7.81. The Bertz CT molecular complexity index is 1230. The predicted molar refractivity (Wildman–Crippen MR) is 121 cm³/mol. The Morgan fingerprint density at radius 3 is 2.57 bits per heavy atom. The highest BCUT2D eigenvalue weighted by molar-refractivity contribution is 9.10. The summed E-state index contributed by atoms with van der Waals surface area (Å²) in [6.07, 6.45) is 0. The summed E-state index contributed by atoms with van der Waals surface area (Å²) < 4.78 is 7.76. The molecule has 4 rings (SSSR count). The van der Waals surface area contributed by atoms with E-state index in [9.17, 15) is 4.79 Å². The average molecular weight is 520 g/mol. The fraction of sp³-hybridized carbons (Fsp3) is 0.143. The van der Waals surface area contributed by atoms with Gasteiger partial charge in [-0.2, -0.15) is 0 Å². The van der Waals surface area contributed by atoms with Gasteiger partial charge in [0.15, 0.2) is 0 Å². The first kappa shape index (κ1) is 19.4. The molecule has 142 valence electrons. The Balaban J connectivity index is 1.61. The van der Waals surface area contributed by atoms with E-state index in [1.54, 1.807) is 11.3 Å². The number of aromatic nitrogens is 2. The molecule has 4 nitrogen and oxygen atoms in total. The Kier molecular flexibility index (Phi) is 5.40. The second-order valence-electron chi connectivity index (χ2n) is 6.44. The molecule has 0 fully saturated rings. The van der Waals surface area contributed by atoms with Crippen molar-refractivity contribution in [2.45, 2.75) is 20.5 Å². The quantitative estimate of drug-likeness (QED) is 0.340. The largest absolute Gasteiger partial charge is 0.488 e. The molecule has 1 N–H and O–H groups in total. The number of nitrogens with zero attached hydrogens (tertiary/aromatic N) is 1. The summed E-state index contributed by atoms with van der Waals surface area (Å²) in [5.74, 6) is 1.29. The number of nitrogens with one attached hydrogen (secondary N) is 1. The Hall–Kier alpha value is -1.96. The van der Waals surface area contributed by atoms with Crippen molar-refractivity contribution in [1.82, 2.24) is 9.97 Å². The fourth-order valence-corrected chi connectivity index (χ4v) is 4.69. The maximum absolute atomic E-state index is 12.5. The van der Waals surface area contributed by atoms with Gasteiger partial charge in [-0.15, -0.1) is 11.3 Å². The molecule has 28 heavy (non-hydrogen) atoms. The summed E-state index contributed by atoms with van der Waals surface area (Å²) in [5, 5.41) is 0.680. The molecule has 2 aromatic carbocycles. The topological polar surface area (TPSA) is 55.0 Å². The number of benzene rings is 2. The first-order valence-corrected chi connectivity index (χ1v) is 11.0. The average Bonchev–Trinajstić information content (AvgIpc) is 2.96. The van der Waals surface area contributed by atoms with Gasteiger partial charge in [0.1, 0.15) is 23.0 Å². The molecule has 0 saturated carbocycles. The van der Waals surface area contributed by atoms with E-state index in [0.29, 0.717) is 17.8 Å². The van der Waals surface area contributed by atoms with Crippen LogP contribution in [-0.2, 0) is 6.61 Å². The van der Waals surface area contributed by atoms with Crippen LogP contribution in [-0.4, -0.2) is 9.97 Å². The number of H-pyrrole nitrogens is 1. The summed E-state index contributed by atoms with van der Waals surface area (Å²) in [5.41, 5.74) is 2.80. The third-order valence-corrected chi connectivity index (χ3v) is 6.80. The van der Waals surface area contributed by atoms with Crippen LogP contribution < -0.4 is 10.3 Å². The molecule has 0 bridgehead atoms. The minimum atomic E-state index is -0.103. The Labute approximate surface area is 182 Å². The van der Waals surface area contributed by atoms with Crippen molar-refractivity contribution < 1.29 is 4.74 Å². The first-order chi connectivity index (χ1) is 13.4. The second-order valence-corrected chi connectivity index (χ2v) is 9.41. The Morgan fingerprint density at radius 1 is 1.11 bits per heavy atom. The maximum atomic E-state index is 12.5. The minimum absolute atomic E-state index is 0.103. The fourth-order valence-electron chi connectivity index (χ4n) is 2.90. The predicted octanol–water partition coefficient (Wildman–Crippen LogP) is 6.37. The third kappa shape index (κ3) is 3.79. The van der Waals surface area contributed by atoms with Crippen LogP contribution in [0.25, 0.3) is 21.6 Å². The molecule has 0 radical (unpaired) electrons. The number of thiophene rings is 1. The monoisotopic (exact) mass is 518 g/mol. The van der Waals surface area contributed by atoms with Gasteiger partial charge in [0, 0.05) is 14.9 Å². The molecule has 4 aromatic rings. The normalized spacial score (nSPS) is 11.1. The SMILES string of the molecule is Cc1sc2nc(-c3ccc(OCc4ccc(Br)cc4)c(Br)c3)[nH]c(=O)c2c1C. The molecule has 0 aliphatic heterocycles. The molecule has 0 spiro atoms. The van der Waals surface area contributed by atoms with Crippen LogP contribution in [0, 0.1) is 13.8 Å². The molecule has 2 heterocycles. The van der Waals surface area contributed by atoms with Gasteiger partial charge in [0.05, 0.1) is 9.86 Å². The van der Waals surface area contributed by atoms with Gasteiger partial charge in [-0.25, -0.2) is 4.98 Å². The lowest BCUT2D eigenvalue weighted by Gasteiger charge is -2.10. The van der Waals surface area contributed by atoms with E-state index in [1.165, 1.54) is 0 Å². The summed E-state index contributed by atoms with van der Waals surface area (Å²) >= 11 is 8.54. The van der Waals surface area contributed by atoms with E-state index < -0.39 is 0 Å². The van der Waals surface area contributed by atoms with Crippen LogP contribution in [0.15, 0.2) is 56.2 Å². The molecule has 0 saturated heterocycles. The highest BCUT2D eigenvalue weighted by Crippen LogP contribution is 2.32. The summed E-state index contributed by atoms with van der Waals surface area (Å²) in [6.45, 7) is 4.44. The number of ether oxygens (including phenoxy) is 1. The van der Waals surface area contributed by atoms with Crippen LogP contribution in [0.4, 0.5) is 0 Å². The van der Waals surface area contributed by atoms with Crippen molar-refractivity contribution in [2.24, 2.45) is 0 Å². The van der Waals surface area contributed by atoms with Gasteiger partial charge in [-0.1, -0.05) is 28.1 Å². The molecule has 0 aliphatic carbocycles. The van der Waals surface area contributed by atoms with E-state index in [1.807, 2.05) is 56.3 Å². The van der Waals surface area contributed by atoms with E-state index in [4.69, 9.17) is 4.74 Å². The number of rotatable bonds is 4. The zero-order valence-corrected chi connectivity index (χ0v) is 19.2. The van der Waals surface area contributed by atoms with Crippen molar-refractivity contribution in [2.75, 3.05) is 0 Å². The lowest BCUT2D eigenvalue weighted by atomic mass is 10.2. The third-order valence-electron chi connectivity index (χ3n) is 4.55. The van der Waals surface area contributed by atoms with Crippen LogP contribution in [0.5, 0.6) is 5.75 Å². The van der Waals surface area contributed by atoms with Gasteiger partial charge in [0.25, 0.3) is 5.56 Å². The number of aryl methyl sites for hydroxylation is 2.